The maximum absolute atomic E-state index is 13.2. The Balaban J connectivity index is 1.62. The summed E-state index contributed by atoms with van der Waals surface area (Å²) in [7, 11) is 1.72. The van der Waals surface area contributed by atoms with Gasteiger partial charge in [0.25, 0.3) is 5.56 Å². The molecule has 9 heteroatoms. The van der Waals surface area contributed by atoms with Gasteiger partial charge < -0.3 is 4.90 Å². The van der Waals surface area contributed by atoms with E-state index in [9.17, 15) is 14.0 Å². The first-order valence-corrected chi connectivity index (χ1v) is 11.0. The third-order valence-electron chi connectivity index (χ3n) is 5.44. The van der Waals surface area contributed by atoms with Gasteiger partial charge in [-0.05, 0) is 36.8 Å². The standard InChI is InChI=1S/C23H22FN5O2S/c1-4-13-28-21(31)18-7-5-6-8-19(18)29-22(28)25-26-23(29)32-14-20(30)27(3)15(2)16-9-11-17(24)12-10-16/h4-12,15H,1,13-14H2,2-3H3. The molecule has 1 unspecified atom stereocenters. The molecule has 0 fully saturated rings. The summed E-state index contributed by atoms with van der Waals surface area (Å²) in [4.78, 5) is 27.3. The van der Waals surface area contributed by atoms with Crippen molar-refractivity contribution in [2.24, 2.45) is 0 Å². The Morgan fingerprint density at radius 3 is 2.66 bits per heavy atom. The quantitative estimate of drug-likeness (QED) is 0.317. The molecule has 164 valence electrons. The zero-order chi connectivity index (χ0) is 22.8. The van der Waals surface area contributed by atoms with Gasteiger partial charge in [-0.25, -0.2) is 4.39 Å². The maximum Gasteiger partial charge on any atom is 0.263 e. The lowest BCUT2D eigenvalue weighted by atomic mass is 10.1. The van der Waals surface area contributed by atoms with E-state index in [4.69, 9.17) is 0 Å². The van der Waals surface area contributed by atoms with Crippen LogP contribution in [0.5, 0.6) is 0 Å². The van der Waals surface area contributed by atoms with Gasteiger partial charge in [-0.1, -0.05) is 42.1 Å². The Hall–Kier alpha value is -3.46. The van der Waals surface area contributed by atoms with Crippen molar-refractivity contribution < 1.29 is 9.18 Å². The number of para-hydroxylation sites is 1. The predicted molar refractivity (Wildman–Crippen MR) is 123 cm³/mol. The smallest absolute Gasteiger partial charge is 0.263 e. The van der Waals surface area contributed by atoms with Gasteiger partial charge in [-0.2, -0.15) is 0 Å². The molecule has 0 N–H and O–H groups in total. The van der Waals surface area contributed by atoms with Crippen LogP contribution in [0.15, 0.2) is 71.1 Å². The van der Waals surface area contributed by atoms with Crippen LogP contribution in [0.2, 0.25) is 0 Å². The summed E-state index contributed by atoms with van der Waals surface area (Å²) in [5.74, 6) is 0.118. The molecular formula is C23H22FN5O2S. The highest BCUT2D eigenvalue weighted by Gasteiger charge is 2.20. The zero-order valence-corrected chi connectivity index (χ0v) is 18.6. The van der Waals surface area contributed by atoms with Crippen molar-refractivity contribution in [3.63, 3.8) is 0 Å². The van der Waals surface area contributed by atoms with Crippen molar-refractivity contribution in [2.45, 2.75) is 24.7 Å². The second-order valence-corrected chi connectivity index (χ2v) is 8.30. The monoisotopic (exact) mass is 451 g/mol. The third-order valence-corrected chi connectivity index (χ3v) is 6.36. The minimum atomic E-state index is -0.314. The molecule has 0 spiro atoms. The van der Waals surface area contributed by atoms with Crippen molar-refractivity contribution in [3.8, 4) is 0 Å². The number of halogens is 1. The van der Waals surface area contributed by atoms with Crippen molar-refractivity contribution >= 4 is 34.3 Å². The summed E-state index contributed by atoms with van der Waals surface area (Å²) in [6, 6.07) is 13.1. The predicted octanol–water partition coefficient (Wildman–Crippen LogP) is 3.68. The van der Waals surface area contributed by atoms with Crippen LogP contribution >= 0.6 is 11.8 Å². The van der Waals surface area contributed by atoms with E-state index in [1.807, 2.05) is 19.1 Å². The highest BCUT2D eigenvalue weighted by Crippen LogP contribution is 2.24. The summed E-state index contributed by atoms with van der Waals surface area (Å²) >= 11 is 1.25. The van der Waals surface area contributed by atoms with Crippen molar-refractivity contribution in [3.05, 3.63) is 82.9 Å². The molecule has 1 atom stereocenters. The molecule has 4 rings (SSSR count). The van der Waals surface area contributed by atoms with Crippen molar-refractivity contribution in [2.75, 3.05) is 12.8 Å². The number of fused-ring (bicyclic) bond motifs is 3. The van der Waals surface area contributed by atoms with E-state index in [0.717, 1.165) is 5.56 Å². The molecule has 32 heavy (non-hydrogen) atoms. The molecule has 2 aromatic carbocycles. The molecule has 7 nitrogen and oxygen atoms in total. The van der Waals surface area contributed by atoms with E-state index in [1.54, 1.807) is 46.7 Å². The average Bonchev–Trinajstić information content (AvgIpc) is 3.23. The zero-order valence-electron chi connectivity index (χ0n) is 17.7. The molecule has 0 aliphatic carbocycles. The number of nitrogens with zero attached hydrogens (tertiary/aromatic N) is 5. The number of carbonyl (C=O) groups excluding carboxylic acids is 1. The first kappa shape index (κ1) is 21.8. The van der Waals surface area contributed by atoms with Crippen LogP contribution in [0.4, 0.5) is 4.39 Å². The van der Waals surface area contributed by atoms with Crippen LogP contribution < -0.4 is 5.56 Å². The average molecular weight is 452 g/mol. The van der Waals surface area contributed by atoms with Crippen LogP contribution in [0.1, 0.15) is 18.5 Å². The van der Waals surface area contributed by atoms with Gasteiger partial charge >= 0.3 is 0 Å². The van der Waals surface area contributed by atoms with Crippen LogP contribution in [-0.2, 0) is 11.3 Å². The Morgan fingerprint density at radius 1 is 1.22 bits per heavy atom. The lowest BCUT2D eigenvalue weighted by Gasteiger charge is -2.25. The first-order valence-electron chi connectivity index (χ1n) is 10.0. The summed E-state index contributed by atoms with van der Waals surface area (Å²) < 4.78 is 16.5. The van der Waals surface area contributed by atoms with Gasteiger partial charge in [0.05, 0.1) is 22.7 Å². The Morgan fingerprint density at radius 2 is 1.94 bits per heavy atom. The number of rotatable bonds is 7. The number of aromatic nitrogens is 4. The van der Waals surface area contributed by atoms with Crippen molar-refractivity contribution in [1.29, 1.82) is 0 Å². The molecule has 0 saturated heterocycles. The number of carbonyl (C=O) groups is 1. The normalized spacial score (nSPS) is 12.2. The number of hydrogen-bond donors (Lipinski definition) is 0. The third kappa shape index (κ3) is 3.91. The molecule has 2 aromatic heterocycles. The molecule has 0 bridgehead atoms. The van der Waals surface area contributed by atoms with Crippen LogP contribution in [0.25, 0.3) is 16.7 Å². The summed E-state index contributed by atoms with van der Waals surface area (Å²) in [5, 5.41) is 9.51. The number of hydrogen-bond acceptors (Lipinski definition) is 5. The highest BCUT2D eigenvalue weighted by atomic mass is 32.2. The molecule has 1 amide bonds. The second-order valence-electron chi connectivity index (χ2n) is 7.36. The molecule has 4 aromatic rings. The number of thioether (sulfide) groups is 1. The fourth-order valence-corrected chi connectivity index (χ4v) is 4.39. The van der Waals surface area contributed by atoms with Gasteiger partial charge in [0, 0.05) is 13.6 Å². The highest BCUT2D eigenvalue weighted by molar-refractivity contribution is 7.99. The van der Waals surface area contributed by atoms with Gasteiger partial charge in [-0.15, -0.1) is 16.8 Å². The van der Waals surface area contributed by atoms with Gasteiger partial charge in [0.2, 0.25) is 11.7 Å². The van der Waals surface area contributed by atoms with Crippen LogP contribution in [-0.4, -0.2) is 42.8 Å². The summed E-state index contributed by atoms with van der Waals surface area (Å²) in [5.41, 5.74) is 1.36. The molecule has 0 aliphatic rings. The SMILES string of the molecule is C=CCn1c(=O)c2ccccc2n2c(SCC(=O)N(C)C(C)c3ccc(F)cc3)nnc12. The molecular weight excluding hydrogens is 429 g/mol. The first-order chi connectivity index (χ1) is 15.4. The van der Waals surface area contributed by atoms with Crippen molar-refractivity contribution in [1.82, 2.24) is 24.1 Å². The fraction of sp³-hybridized carbons (Fsp3) is 0.217. The van der Waals surface area contributed by atoms with Gasteiger partial charge in [-0.3, -0.25) is 18.6 Å². The molecule has 0 aliphatic heterocycles. The Labute approximate surface area is 188 Å². The minimum Gasteiger partial charge on any atom is -0.338 e. The maximum atomic E-state index is 13.2. The Bertz CT molecular complexity index is 1360. The second kappa shape index (κ2) is 8.96. The fourth-order valence-electron chi connectivity index (χ4n) is 3.53. The van der Waals surface area contributed by atoms with Crippen LogP contribution in [0.3, 0.4) is 0 Å². The van der Waals surface area contributed by atoms with Gasteiger partial charge in [0.1, 0.15) is 5.82 Å². The van der Waals surface area contributed by atoms with Crippen LogP contribution in [0, 0.1) is 5.82 Å². The largest absolute Gasteiger partial charge is 0.338 e. The molecule has 2 heterocycles. The molecule has 0 radical (unpaired) electrons. The number of amides is 1. The van der Waals surface area contributed by atoms with E-state index in [-0.39, 0.29) is 29.1 Å². The van der Waals surface area contributed by atoms with Gasteiger partial charge in [0.15, 0.2) is 5.16 Å². The van der Waals surface area contributed by atoms with E-state index in [2.05, 4.69) is 16.8 Å². The lowest BCUT2D eigenvalue weighted by molar-refractivity contribution is -0.128. The van der Waals surface area contributed by atoms with E-state index < -0.39 is 0 Å². The Kier molecular flexibility index (Phi) is 6.09. The minimum absolute atomic E-state index is 0.104. The number of allylic oxidation sites excluding steroid dienone is 1. The van der Waals surface area contributed by atoms with E-state index >= 15 is 0 Å². The summed E-state index contributed by atoms with van der Waals surface area (Å²) in [6.45, 7) is 5.91. The molecule has 0 saturated carbocycles. The van der Waals surface area contributed by atoms with E-state index in [1.165, 1.54) is 28.5 Å². The lowest BCUT2D eigenvalue weighted by Crippen LogP contribution is -2.31. The number of benzene rings is 2. The van der Waals surface area contributed by atoms with E-state index in [0.29, 0.717) is 28.4 Å². The topological polar surface area (TPSA) is 72.5 Å². The summed E-state index contributed by atoms with van der Waals surface area (Å²) in [6.07, 6.45) is 1.63.